The molecule has 0 spiro atoms. The third kappa shape index (κ3) is 4.41. The van der Waals surface area contributed by atoms with E-state index in [0.29, 0.717) is 38.2 Å². The van der Waals surface area contributed by atoms with Crippen molar-refractivity contribution in [1.82, 2.24) is 15.2 Å². The highest BCUT2D eigenvalue weighted by molar-refractivity contribution is 5.96. The maximum Gasteiger partial charge on any atom is 0.417 e. The zero-order chi connectivity index (χ0) is 23.2. The Hall–Kier alpha value is -3.10. The summed E-state index contributed by atoms with van der Waals surface area (Å²) in [5.74, 6) is 0.782. The zero-order valence-electron chi connectivity index (χ0n) is 18.1. The lowest BCUT2D eigenvalue weighted by molar-refractivity contribution is -0.138. The molecule has 2 fully saturated rings. The number of amides is 2. The standard InChI is InChI=1S/C24H25F3N4O2/c25-24(26,27)20-4-2-1-3-19(20)23(33)30-9-10-31-18(14-30)12-16-11-17(13-29-21(16)31)22(32)28-8-7-15-5-6-15/h1-4,11,13,15,18H,5-10,12,14H2,(H,28,32). The van der Waals surface area contributed by atoms with E-state index in [0.717, 1.165) is 29.8 Å². The molecule has 1 saturated heterocycles. The van der Waals surface area contributed by atoms with Gasteiger partial charge in [0.05, 0.1) is 22.7 Å². The zero-order valence-corrected chi connectivity index (χ0v) is 18.1. The molecular weight excluding hydrogens is 433 g/mol. The van der Waals surface area contributed by atoms with Gasteiger partial charge in [0.2, 0.25) is 0 Å². The molecule has 6 nitrogen and oxygen atoms in total. The third-order valence-electron chi connectivity index (χ3n) is 6.70. The monoisotopic (exact) mass is 458 g/mol. The Morgan fingerprint density at radius 1 is 1.15 bits per heavy atom. The molecule has 1 N–H and O–H groups in total. The van der Waals surface area contributed by atoms with Gasteiger partial charge in [-0.3, -0.25) is 9.59 Å². The largest absolute Gasteiger partial charge is 0.417 e. The van der Waals surface area contributed by atoms with Crippen LogP contribution in [0.4, 0.5) is 19.0 Å². The van der Waals surface area contributed by atoms with Crippen molar-refractivity contribution in [1.29, 1.82) is 0 Å². The fourth-order valence-corrected chi connectivity index (χ4v) is 4.77. The minimum Gasteiger partial charge on any atom is -0.352 e. The van der Waals surface area contributed by atoms with Crippen LogP contribution in [0.3, 0.4) is 0 Å². The number of alkyl halides is 3. The number of carbonyl (C=O) groups excluding carboxylic acids is 2. The summed E-state index contributed by atoms with van der Waals surface area (Å²) in [6.45, 7) is 1.76. The molecule has 1 atom stereocenters. The third-order valence-corrected chi connectivity index (χ3v) is 6.70. The summed E-state index contributed by atoms with van der Waals surface area (Å²) in [5, 5.41) is 2.94. The molecule has 9 heteroatoms. The van der Waals surface area contributed by atoms with Crippen molar-refractivity contribution >= 4 is 17.6 Å². The number of nitrogens with one attached hydrogen (secondary N) is 1. The number of benzene rings is 1. The van der Waals surface area contributed by atoms with Crippen LogP contribution in [-0.2, 0) is 12.6 Å². The number of hydrogen-bond donors (Lipinski definition) is 1. The number of hydrogen-bond acceptors (Lipinski definition) is 4. The fraction of sp³-hybridized carbons (Fsp3) is 0.458. The molecule has 2 amide bonds. The number of piperazine rings is 1. The van der Waals surface area contributed by atoms with Gasteiger partial charge in [-0.1, -0.05) is 25.0 Å². The van der Waals surface area contributed by atoms with E-state index in [4.69, 9.17) is 0 Å². The van der Waals surface area contributed by atoms with Crippen molar-refractivity contribution in [2.45, 2.75) is 37.9 Å². The molecule has 2 aliphatic heterocycles. The van der Waals surface area contributed by atoms with Gasteiger partial charge in [0.25, 0.3) is 11.8 Å². The quantitative estimate of drug-likeness (QED) is 0.745. The van der Waals surface area contributed by atoms with Crippen molar-refractivity contribution in [2.24, 2.45) is 5.92 Å². The maximum atomic E-state index is 13.4. The Labute approximate surface area is 189 Å². The van der Waals surface area contributed by atoms with Crippen molar-refractivity contribution in [3.05, 3.63) is 58.8 Å². The molecule has 1 aromatic heterocycles. The first kappa shape index (κ1) is 21.7. The van der Waals surface area contributed by atoms with E-state index in [9.17, 15) is 22.8 Å². The summed E-state index contributed by atoms with van der Waals surface area (Å²) in [6.07, 6.45) is 1.07. The molecule has 1 aliphatic carbocycles. The second-order valence-corrected chi connectivity index (χ2v) is 9.04. The highest BCUT2D eigenvalue weighted by atomic mass is 19.4. The first-order valence-corrected chi connectivity index (χ1v) is 11.3. The summed E-state index contributed by atoms with van der Waals surface area (Å²) >= 11 is 0. The number of fused-ring (bicyclic) bond motifs is 3. The van der Waals surface area contributed by atoms with E-state index in [1.165, 1.54) is 35.9 Å². The average molecular weight is 458 g/mol. The summed E-state index contributed by atoms with van der Waals surface area (Å²) < 4.78 is 40.1. The molecule has 0 bridgehead atoms. The second kappa shape index (κ2) is 8.35. The Morgan fingerprint density at radius 3 is 2.70 bits per heavy atom. The second-order valence-electron chi connectivity index (χ2n) is 9.04. The number of carbonyl (C=O) groups is 2. The van der Waals surface area contributed by atoms with E-state index >= 15 is 0 Å². The molecule has 5 rings (SSSR count). The van der Waals surface area contributed by atoms with E-state index in [1.54, 1.807) is 6.20 Å². The molecule has 174 valence electrons. The van der Waals surface area contributed by atoms with Crippen LogP contribution in [0, 0.1) is 5.92 Å². The van der Waals surface area contributed by atoms with Crippen LogP contribution in [0.25, 0.3) is 0 Å². The summed E-state index contributed by atoms with van der Waals surface area (Å²) in [7, 11) is 0. The number of pyridine rings is 1. The summed E-state index contributed by atoms with van der Waals surface area (Å²) in [6, 6.07) is 6.68. The predicted octanol–water partition coefficient (Wildman–Crippen LogP) is 3.52. The summed E-state index contributed by atoms with van der Waals surface area (Å²) in [4.78, 5) is 33.5. The molecule has 3 heterocycles. The number of rotatable bonds is 5. The number of halogens is 3. The van der Waals surface area contributed by atoms with Crippen molar-refractivity contribution < 1.29 is 22.8 Å². The number of nitrogens with zero attached hydrogens (tertiary/aromatic N) is 3. The molecule has 1 aromatic carbocycles. The smallest absolute Gasteiger partial charge is 0.352 e. The molecular formula is C24H25F3N4O2. The van der Waals surface area contributed by atoms with E-state index in [1.807, 2.05) is 6.07 Å². The molecule has 2 aromatic rings. The average Bonchev–Trinajstić information content (AvgIpc) is 3.55. The highest BCUT2D eigenvalue weighted by Crippen LogP contribution is 2.35. The Bertz CT molecular complexity index is 1080. The molecule has 1 saturated carbocycles. The van der Waals surface area contributed by atoms with Crippen molar-refractivity contribution in [3.63, 3.8) is 0 Å². The van der Waals surface area contributed by atoms with Crippen LogP contribution in [0.2, 0.25) is 0 Å². The Kier molecular flexibility index (Phi) is 5.50. The van der Waals surface area contributed by atoms with Crippen molar-refractivity contribution in [3.8, 4) is 0 Å². The van der Waals surface area contributed by atoms with Crippen LogP contribution in [-0.4, -0.2) is 53.9 Å². The Balaban J connectivity index is 1.27. The lowest BCUT2D eigenvalue weighted by Crippen LogP contribution is -2.53. The molecule has 0 radical (unpaired) electrons. The van der Waals surface area contributed by atoms with E-state index < -0.39 is 17.6 Å². The van der Waals surface area contributed by atoms with Crippen molar-refractivity contribution in [2.75, 3.05) is 31.1 Å². The minimum absolute atomic E-state index is 0.0728. The van der Waals surface area contributed by atoms with Crippen LogP contribution in [0.1, 0.15) is 51.1 Å². The lowest BCUT2D eigenvalue weighted by Gasteiger charge is -2.38. The van der Waals surface area contributed by atoms with Crippen LogP contribution in [0.5, 0.6) is 0 Å². The van der Waals surface area contributed by atoms with Gasteiger partial charge in [-0.15, -0.1) is 0 Å². The predicted molar refractivity (Wildman–Crippen MR) is 116 cm³/mol. The minimum atomic E-state index is -4.59. The SMILES string of the molecule is O=C(NCCC1CC1)c1cnc2c(c1)CC1CN(C(=O)c3ccccc3C(F)(F)F)CCN21. The first-order chi connectivity index (χ1) is 15.8. The maximum absolute atomic E-state index is 13.4. The topological polar surface area (TPSA) is 65.5 Å². The van der Waals surface area contributed by atoms with Gasteiger partial charge >= 0.3 is 6.18 Å². The van der Waals surface area contributed by atoms with Crippen LogP contribution < -0.4 is 10.2 Å². The van der Waals surface area contributed by atoms with Gasteiger partial charge in [-0.25, -0.2) is 4.98 Å². The van der Waals surface area contributed by atoms with Gasteiger partial charge in [-0.05, 0) is 42.5 Å². The van der Waals surface area contributed by atoms with Gasteiger partial charge in [0.15, 0.2) is 0 Å². The van der Waals surface area contributed by atoms with Gasteiger partial charge in [0.1, 0.15) is 5.82 Å². The van der Waals surface area contributed by atoms with Gasteiger partial charge < -0.3 is 15.1 Å². The van der Waals surface area contributed by atoms with Crippen LogP contribution in [0.15, 0.2) is 36.5 Å². The van der Waals surface area contributed by atoms with Gasteiger partial charge in [-0.2, -0.15) is 13.2 Å². The first-order valence-electron chi connectivity index (χ1n) is 11.3. The van der Waals surface area contributed by atoms with Gasteiger partial charge in [0, 0.05) is 32.4 Å². The number of aromatic nitrogens is 1. The van der Waals surface area contributed by atoms with E-state index in [-0.39, 0.29) is 17.5 Å². The van der Waals surface area contributed by atoms with Crippen LogP contribution >= 0.6 is 0 Å². The molecule has 3 aliphatic rings. The number of anilines is 1. The summed E-state index contributed by atoms with van der Waals surface area (Å²) in [5.41, 5.74) is 0.208. The Morgan fingerprint density at radius 2 is 1.94 bits per heavy atom. The molecule has 1 unspecified atom stereocenters. The lowest BCUT2D eigenvalue weighted by atomic mass is 10.0. The fourth-order valence-electron chi connectivity index (χ4n) is 4.77. The normalized spacial score (nSPS) is 19.8. The highest BCUT2D eigenvalue weighted by Gasteiger charge is 2.40. The molecule has 33 heavy (non-hydrogen) atoms. The van der Waals surface area contributed by atoms with E-state index in [2.05, 4.69) is 15.2 Å².